The van der Waals surface area contributed by atoms with Crippen LogP contribution in [0.1, 0.15) is 35.3 Å². The standard InChI is InChI=1S/C11H14N2O4/c1-13-9(7(6-12-13)10(16)17-2)11(3-4-11)5-8(14)15/h6H,3-5H2,1-2H3,(H,14,15). The molecule has 1 aliphatic carbocycles. The van der Waals surface area contributed by atoms with Crippen LogP contribution < -0.4 is 0 Å². The molecule has 1 fully saturated rings. The molecule has 0 aromatic carbocycles. The van der Waals surface area contributed by atoms with Gasteiger partial charge in [-0.15, -0.1) is 0 Å². The molecule has 0 saturated heterocycles. The molecule has 0 aliphatic heterocycles. The Morgan fingerprint density at radius 2 is 2.24 bits per heavy atom. The van der Waals surface area contributed by atoms with E-state index >= 15 is 0 Å². The van der Waals surface area contributed by atoms with Gasteiger partial charge in [-0.25, -0.2) is 4.79 Å². The maximum absolute atomic E-state index is 11.6. The van der Waals surface area contributed by atoms with Crippen molar-refractivity contribution in [2.45, 2.75) is 24.7 Å². The molecule has 0 bridgehead atoms. The summed E-state index contributed by atoms with van der Waals surface area (Å²) in [6.45, 7) is 0. The number of carbonyl (C=O) groups is 2. The molecule has 0 unspecified atom stereocenters. The number of nitrogens with zero attached hydrogens (tertiary/aromatic N) is 2. The molecule has 0 amide bonds. The van der Waals surface area contributed by atoms with Crippen LogP contribution in [0.4, 0.5) is 0 Å². The number of carboxylic acids is 1. The molecule has 92 valence electrons. The molecule has 6 heteroatoms. The third-order valence-corrected chi connectivity index (χ3v) is 3.19. The Morgan fingerprint density at radius 3 is 2.71 bits per heavy atom. The van der Waals surface area contributed by atoms with Gasteiger partial charge in [0.15, 0.2) is 0 Å². The van der Waals surface area contributed by atoms with Gasteiger partial charge in [0.25, 0.3) is 0 Å². The minimum atomic E-state index is -0.862. The maximum atomic E-state index is 11.6. The van der Waals surface area contributed by atoms with Gasteiger partial charge in [-0.2, -0.15) is 5.10 Å². The fourth-order valence-electron chi connectivity index (χ4n) is 2.26. The lowest BCUT2D eigenvalue weighted by Gasteiger charge is -2.14. The highest BCUT2D eigenvalue weighted by atomic mass is 16.5. The first-order chi connectivity index (χ1) is 8.00. The zero-order valence-corrected chi connectivity index (χ0v) is 9.77. The van der Waals surface area contributed by atoms with Crippen molar-refractivity contribution in [3.05, 3.63) is 17.5 Å². The Bertz CT molecular complexity index is 474. The van der Waals surface area contributed by atoms with E-state index in [9.17, 15) is 9.59 Å². The van der Waals surface area contributed by atoms with Crippen molar-refractivity contribution in [2.75, 3.05) is 7.11 Å². The highest BCUT2D eigenvalue weighted by molar-refractivity contribution is 5.91. The largest absolute Gasteiger partial charge is 0.481 e. The van der Waals surface area contributed by atoms with E-state index in [0.717, 1.165) is 12.8 Å². The van der Waals surface area contributed by atoms with Crippen LogP contribution in [-0.4, -0.2) is 33.9 Å². The lowest BCUT2D eigenvalue weighted by atomic mass is 9.94. The zero-order chi connectivity index (χ0) is 12.6. The summed E-state index contributed by atoms with van der Waals surface area (Å²) in [5, 5.41) is 12.9. The van der Waals surface area contributed by atoms with E-state index in [2.05, 4.69) is 9.84 Å². The van der Waals surface area contributed by atoms with Gasteiger partial charge in [-0.05, 0) is 12.8 Å². The lowest BCUT2D eigenvalue weighted by molar-refractivity contribution is -0.137. The highest BCUT2D eigenvalue weighted by Crippen LogP contribution is 2.51. The number of hydrogen-bond acceptors (Lipinski definition) is 4. The maximum Gasteiger partial charge on any atom is 0.341 e. The van der Waals surface area contributed by atoms with Crippen LogP contribution in [0.15, 0.2) is 6.20 Å². The van der Waals surface area contributed by atoms with Crippen LogP contribution in [0.3, 0.4) is 0 Å². The van der Waals surface area contributed by atoms with Crippen molar-refractivity contribution >= 4 is 11.9 Å². The van der Waals surface area contributed by atoms with E-state index in [4.69, 9.17) is 5.11 Å². The SMILES string of the molecule is COC(=O)c1cnn(C)c1C1(CC(=O)O)CC1. The lowest BCUT2D eigenvalue weighted by Crippen LogP contribution is -2.20. The third-order valence-electron chi connectivity index (χ3n) is 3.19. The van der Waals surface area contributed by atoms with Gasteiger partial charge >= 0.3 is 11.9 Å². The molecule has 1 saturated carbocycles. The molecule has 6 nitrogen and oxygen atoms in total. The summed E-state index contributed by atoms with van der Waals surface area (Å²) >= 11 is 0. The van der Waals surface area contributed by atoms with E-state index < -0.39 is 17.4 Å². The predicted molar refractivity (Wildman–Crippen MR) is 57.7 cm³/mol. The first-order valence-corrected chi connectivity index (χ1v) is 5.33. The second-order valence-corrected chi connectivity index (χ2v) is 4.37. The number of esters is 1. The molecule has 2 rings (SSSR count). The van der Waals surface area contributed by atoms with Crippen molar-refractivity contribution < 1.29 is 19.4 Å². The van der Waals surface area contributed by atoms with Gasteiger partial charge in [-0.1, -0.05) is 0 Å². The van der Waals surface area contributed by atoms with Crippen molar-refractivity contribution in [2.24, 2.45) is 7.05 Å². The number of carbonyl (C=O) groups excluding carboxylic acids is 1. The number of hydrogen-bond donors (Lipinski definition) is 1. The molecule has 1 heterocycles. The quantitative estimate of drug-likeness (QED) is 0.781. The van der Waals surface area contributed by atoms with E-state index in [1.807, 2.05) is 0 Å². The number of methoxy groups -OCH3 is 1. The second kappa shape index (κ2) is 3.87. The number of ether oxygens (including phenoxy) is 1. The van der Waals surface area contributed by atoms with Gasteiger partial charge in [0, 0.05) is 12.5 Å². The van der Waals surface area contributed by atoms with E-state index in [1.165, 1.54) is 13.3 Å². The number of rotatable bonds is 4. The summed E-state index contributed by atoms with van der Waals surface area (Å²) in [5.74, 6) is -1.33. The summed E-state index contributed by atoms with van der Waals surface area (Å²) in [5.41, 5.74) is 0.598. The molecule has 1 aliphatic rings. The third kappa shape index (κ3) is 1.90. The van der Waals surface area contributed by atoms with Crippen LogP contribution in [-0.2, 0) is 22.0 Å². The van der Waals surface area contributed by atoms with E-state index in [-0.39, 0.29) is 6.42 Å². The Kier molecular flexibility index (Phi) is 2.65. The first kappa shape index (κ1) is 11.6. The van der Waals surface area contributed by atoms with Gasteiger partial charge < -0.3 is 9.84 Å². The van der Waals surface area contributed by atoms with Crippen LogP contribution in [0.2, 0.25) is 0 Å². The van der Waals surface area contributed by atoms with Crippen molar-refractivity contribution in [1.29, 1.82) is 0 Å². The van der Waals surface area contributed by atoms with Crippen LogP contribution >= 0.6 is 0 Å². The van der Waals surface area contributed by atoms with Crippen molar-refractivity contribution in [3.8, 4) is 0 Å². The smallest absolute Gasteiger partial charge is 0.341 e. The molecule has 1 aromatic rings. The average Bonchev–Trinajstić information content (AvgIpc) is 2.91. The van der Waals surface area contributed by atoms with Crippen LogP contribution in [0.25, 0.3) is 0 Å². The predicted octanol–water partition coefficient (Wildman–Crippen LogP) is 0.713. The van der Waals surface area contributed by atoms with Crippen LogP contribution in [0, 0.1) is 0 Å². The summed E-state index contributed by atoms with van der Waals surface area (Å²) < 4.78 is 6.25. The fourth-order valence-corrected chi connectivity index (χ4v) is 2.26. The molecule has 1 aromatic heterocycles. The molecule has 1 N–H and O–H groups in total. The summed E-state index contributed by atoms with van der Waals surface area (Å²) in [7, 11) is 3.01. The average molecular weight is 238 g/mol. The van der Waals surface area contributed by atoms with Crippen molar-refractivity contribution in [1.82, 2.24) is 9.78 Å². The summed E-state index contributed by atoms with van der Waals surface area (Å²) in [6, 6.07) is 0. The number of aliphatic carboxylic acids is 1. The highest BCUT2D eigenvalue weighted by Gasteiger charge is 2.50. The van der Waals surface area contributed by atoms with E-state index in [0.29, 0.717) is 11.3 Å². The normalized spacial score (nSPS) is 16.6. The van der Waals surface area contributed by atoms with Crippen LogP contribution in [0.5, 0.6) is 0 Å². The van der Waals surface area contributed by atoms with Gasteiger partial charge in [0.2, 0.25) is 0 Å². The zero-order valence-electron chi connectivity index (χ0n) is 9.77. The first-order valence-electron chi connectivity index (χ1n) is 5.33. The Labute approximate surface area is 98.2 Å². The fraction of sp³-hybridized carbons (Fsp3) is 0.545. The number of aryl methyl sites for hydroxylation is 1. The van der Waals surface area contributed by atoms with E-state index in [1.54, 1.807) is 11.7 Å². The van der Waals surface area contributed by atoms with Crippen molar-refractivity contribution in [3.63, 3.8) is 0 Å². The minimum Gasteiger partial charge on any atom is -0.481 e. The Balaban J connectivity index is 2.41. The minimum absolute atomic E-state index is 0.0243. The van der Waals surface area contributed by atoms with Gasteiger partial charge in [-0.3, -0.25) is 9.48 Å². The molecule has 17 heavy (non-hydrogen) atoms. The monoisotopic (exact) mass is 238 g/mol. The topological polar surface area (TPSA) is 81.4 Å². The molecule has 0 spiro atoms. The van der Waals surface area contributed by atoms with Gasteiger partial charge in [0.1, 0.15) is 5.56 Å². The summed E-state index contributed by atoms with van der Waals surface area (Å²) in [4.78, 5) is 22.5. The number of aromatic nitrogens is 2. The number of carboxylic acid groups (broad SMARTS) is 1. The molecule has 0 atom stereocenters. The molecular weight excluding hydrogens is 224 g/mol. The second-order valence-electron chi connectivity index (χ2n) is 4.37. The van der Waals surface area contributed by atoms with Gasteiger partial charge in [0.05, 0.1) is 25.4 Å². The Hall–Kier alpha value is -1.85. The molecule has 0 radical (unpaired) electrons. The molecular formula is C11H14N2O4. The summed E-state index contributed by atoms with van der Waals surface area (Å²) in [6.07, 6.45) is 2.99. The Morgan fingerprint density at radius 1 is 1.59 bits per heavy atom.